The molecule has 108 valence electrons. The highest BCUT2D eigenvalue weighted by Crippen LogP contribution is 2.50. The van der Waals surface area contributed by atoms with Gasteiger partial charge in [0, 0.05) is 13.3 Å². The minimum atomic E-state index is -0.196. The Labute approximate surface area is 120 Å². The molecule has 0 saturated carbocycles. The second kappa shape index (κ2) is 4.51. The fraction of sp³-hybridized carbons (Fsp3) is 0.588. The van der Waals surface area contributed by atoms with E-state index in [9.17, 15) is 4.79 Å². The molecule has 2 aliphatic carbocycles. The first kappa shape index (κ1) is 13.5. The van der Waals surface area contributed by atoms with Crippen molar-refractivity contribution in [3.63, 3.8) is 0 Å². The first-order valence-corrected chi connectivity index (χ1v) is 7.32. The molecule has 0 aliphatic heterocycles. The minimum absolute atomic E-state index is 0.0564. The van der Waals surface area contributed by atoms with Crippen LogP contribution in [0.1, 0.15) is 45.4 Å². The highest BCUT2D eigenvalue weighted by molar-refractivity contribution is 5.66. The average Bonchev–Trinajstić information content (AvgIpc) is 2.80. The van der Waals surface area contributed by atoms with Gasteiger partial charge in [-0.05, 0) is 47.8 Å². The summed E-state index contributed by atoms with van der Waals surface area (Å²) in [5.74, 6) is 1.89. The fourth-order valence-electron chi connectivity index (χ4n) is 4.01. The molecular formula is C17H22O3. The summed E-state index contributed by atoms with van der Waals surface area (Å²) in [6, 6.07) is 2.09. The van der Waals surface area contributed by atoms with Crippen molar-refractivity contribution < 1.29 is 13.9 Å². The molecule has 3 heteroatoms. The van der Waals surface area contributed by atoms with Crippen LogP contribution < -0.4 is 0 Å². The number of carbonyl (C=O) groups is 1. The van der Waals surface area contributed by atoms with E-state index in [1.165, 1.54) is 18.1 Å². The van der Waals surface area contributed by atoms with Crippen molar-refractivity contribution >= 4 is 5.97 Å². The molecule has 3 atom stereocenters. The van der Waals surface area contributed by atoms with Crippen molar-refractivity contribution in [2.24, 2.45) is 11.8 Å². The molecule has 3 nitrogen and oxygen atoms in total. The average molecular weight is 274 g/mol. The molecular weight excluding hydrogens is 252 g/mol. The van der Waals surface area contributed by atoms with Crippen LogP contribution in [0.2, 0.25) is 0 Å². The Morgan fingerprint density at radius 2 is 2.20 bits per heavy atom. The smallest absolute Gasteiger partial charge is 0.303 e. The number of carbonyl (C=O) groups excluding carboxylic acids is 1. The quantitative estimate of drug-likeness (QED) is 0.580. The number of rotatable bonds is 1. The summed E-state index contributed by atoms with van der Waals surface area (Å²) in [6.07, 6.45) is 5.88. The Balaban J connectivity index is 1.96. The number of ether oxygens (including phenoxy) is 1. The van der Waals surface area contributed by atoms with E-state index in [1.807, 2.05) is 0 Å². The highest BCUT2D eigenvalue weighted by atomic mass is 16.5. The molecule has 20 heavy (non-hydrogen) atoms. The second-order valence-corrected chi connectivity index (χ2v) is 6.70. The fourth-order valence-corrected chi connectivity index (χ4v) is 4.01. The van der Waals surface area contributed by atoms with Gasteiger partial charge in [-0.2, -0.15) is 0 Å². The van der Waals surface area contributed by atoms with Crippen molar-refractivity contribution in [2.45, 2.75) is 52.1 Å². The van der Waals surface area contributed by atoms with Crippen LogP contribution in [-0.4, -0.2) is 12.1 Å². The van der Waals surface area contributed by atoms with Gasteiger partial charge in [-0.25, -0.2) is 0 Å². The van der Waals surface area contributed by atoms with Crippen molar-refractivity contribution in [3.8, 4) is 0 Å². The summed E-state index contributed by atoms with van der Waals surface area (Å²) < 4.78 is 11.1. The van der Waals surface area contributed by atoms with E-state index in [1.54, 1.807) is 6.26 Å². The maximum absolute atomic E-state index is 11.3. The molecule has 1 heterocycles. The number of esters is 1. The van der Waals surface area contributed by atoms with Crippen LogP contribution in [0.25, 0.3) is 0 Å². The monoisotopic (exact) mass is 274 g/mol. The van der Waals surface area contributed by atoms with E-state index >= 15 is 0 Å². The normalized spacial score (nSPS) is 31.0. The standard InChI is InChI=1S/C17H22O3/c1-10-7-12-8-16-13(5-6-19-16)17(3,4)14(12)9-15(10)20-11(2)18/h5-7,12,14-15H,8-9H2,1-4H3/t12-,14-,15-/m1/s1. The van der Waals surface area contributed by atoms with Crippen molar-refractivity contribution in [3.05, 3.63) is 35.3 Å². The van der Waals surface area contributed by atoms with Crippen LogP contribution in [-0.2, 0) is 21.4 Å². The summed E-state index contributed by atoms with van der Waals surface area (Å²) in [4.78, 5) is 11.3. The topological polar surface area (TPSA) is 39.4 Å². The predicted molar refractivity (Wildman–Crippen MR) is 76.3 cm³/mol. The maximum Gasteiger partial charge on any atom is 0.303 e. The second-order valence-electron chi connectivity index (χ2n) is 6.70. The Kier molecular flexibility index (Phi) is 3.03. The zero-order valence-electron chi connectivity index (χ0n) is 12.6. The van der Waals surface area contributed by atoms with E-state index in [2.05, 4.69) is 32.9 Å². The molecule has 3 rings (SSSR count). The van der Waals surface area contributed by atoms with Gasteiger partial charge < -0.3 is 9.15 Å². The van der Waals surface area contributed by atoms with Crippen LogP contribution >= 0.6 is 0 Å². The molecule has 0 amide bonds. The van der Waals surface area contributed by atoms with Gasteiger partial charge >= 0.3 is 5.97 Å². The number of hydrogen-bond donors (Lipinski definition) is 0. The summed E-state index contributed by atoms with van der Waals surface area (Å²) >= 11 is 0. The Hall–Kier alpha value is -1.51. The van der Waals surface area contributed by atoms with Gasteiger partial charge in [-0.15, -0.1) is 0 Å². The molecule has 0 bridgehead atoms. The molecule has 0 N–H and O–H groups in total. The van der Waals surface area contributed by atoms with Gasteiger partial charge in [-0.3, -0.25) is 4.79 Å². The van der Waals surface area contributed by atoms with Gasteiger partial charge in [0.15, 0.2) is 0 Å². The summed E-state index contributed by atoms with van der Waals surface area (Å²) in [7, 11) is 0. The largest absolute Gasteiger partial charge is 0.469 e. The Morgan fingerprint density at radius 1 is 1.45 bits per heavy atom. The van der Waals surface area contributed by atoms with Crippen LogP contribution in [0.3, 0.4) is 0 Å². The van der Waals surface area contributed by atoms with Crippen LogP contribution in [0, 0.1) is 11.8 Å². The number of furan rings is 1. The van der Waals surface area contributed by atoms with Crippen molar-refractivity contribution in [2.75, 3.05) is 0 Å². The predicted octanol–water partition coefficient (Wildman–Crippen LogP) is 3.63. The van der Waals surface area contributed by atoms with Crippen LogP contribution in [0.5, 0.6) is 0 Å². The molecule has 0 aromatic carbocycles. The van der Waals surface area contributed by atoms with Gasteiger partial charge in [0.05, 0.1) is 6.26 Å². The zero-order valence-corrected chi connectivity index (χ0v) is 12.6. The van der Waals surface area contributed by atoms with Gasteiger partial charge in [0.2, 0.25) is 0 Å². The SMILES string of the molecule is CC(=O)O[C@@H]1C[C@@H]2[C@H](C=C1C)Cc1occc1C2(C)C. The van der Waals surface area contributed by atoms with Gasteiger partial charge in [0.25, 0.3) is 0 Å². The summed E-state index contributed by atoms with van der Waals surface area (Å²) in [5, 5.41) is 0. The Bertz CT molecular complexity index is 565. The van der Waals surface area contributed by atoms with E-state index in [-0.39, 0.29) is 17.5 Å². The zero-order chi connectivity index (χ0) is 14.5. The number of fused-ring (bicyclic) bond motifs is 2. The lowest BCUT2D eigenvalue weighted by Gasteiger charge is -2.46. The third-order valence-electron chi connectivity index (χ3n) is 5.07. The summed E-state index contributed by atoms with van der Waals surface area (Å²) in [6.45, 7) is 8.10. The lowest BCUT2D eigenvalue weighted by molar-refractivity contribution is -0.146. The van der Waals surface area contributed by atoms with Crippen molar-refractivity contribution in [1.29, 1.82) is 0 Å². The highest BCUT2D eigenvalue weighted by Gasteiger charge is 2.46. The van der Waals surface area contributed by atoms with E-state index < -0.39 is 0 Å². The number of allylic oxidation sites excluding steroid dienone is 1. The molecule has 0 spiro atoms. The molecule has 0 unspecified atom stereocenters. The lowest BCUT2D eigenvalue weighted by Crippen LogP contribution is -2.44. The first-order chi connectivity index (χ1) is 9.39. The van der Waals surface area contributed by atoms with E-state index in [0.717, 1.165) is 18.6 Å². The Morgan fingerprint density at radius 3 is 2.90 bits per heavy atom. The molecule has 0 radical (unpaired) electrons. The van der Waals surface area contributed by atoms with E-state index in [4.69, 9.17) is 9.15 Å². The third-order valence-corrected chi connectivity index (χ3v) is 5.07. The number of hydrogen-bond acceptors (Lipinski definition) is 3. The molecule has 0 fully saturated rings. The molecule has 1 aromatic heterocycles. The maximum atomic E-state index is 11.3. The molecule has 0 saturated heterocycles. The minimum Gasteiger partial charge on any atom is -0.469 e. The summed E-state index contributed by atoms with van der Waals surface area (Å²) in [5.41, 5.74) is 2.54. The van der Waals surface area contributed by atoms with Crippen molar-refractivity contribution in [1.82, 2.24) is 0 Å². The molecule has 2 aliphatic rings. The van der Waals surface area contributed by atoms with Crippen LogP contribution in [0.15, 0.2) is 28.4 Å². The van der Waals surface area contributed by atoms with Crippen LogP contribution in [0.4, 0.5) is 0 Å². The van der Waals surface area contributed by atoms with Gasteiger partial charge in [-0.1, -0.05) is 19.9 Å². The first-order valence-electron chi connectivity index (χ1n) is 7.32. The van der Waals surface area contributed by atoms with E-state index in [0.29, 0.717) is 11.8 Å². The lowest BCUT2D eigenvalue weighted by atomic mass is 9.59. The third kappa shape index (κ3) is 2.00. The molecule has 1 aromatic rings. The van der Waals surface area contributed by atoms with Gasteiger partial charge in [0.1, 0.15) is 11.9 Å².